The van der Waals surface area contributed by atoms with Gasteiger partial charge in [0, 0.05) is 11.1 Å². The molecule has 0 unspecified atom stereocenters. The molecule has 0 aliphatic heterocycles. The maximum Gasteiger partial charge on any atom is 0.270 e. The summed E-state index contributed by atoms with van der Waals surface area (Å²) in [4.78, 5) is 18.6. The monoisotopic (exact) mass is 369 g/mol. The Bertz CT molecular complexity index is 1100. The maximum absolute atomic E-state index is 13.2. The lowest BCUT2D eigenvalue weighted by Gasteiger charge is -2.06. The number of nitrogens with zero attached hydrogens (tertiary/aromatic N) is 3. The number of rotatable bonds is 4. The molecule has 0 fully saturated rings. The van der Waals surface area contributed by atoms with Gasteiger partial charge in [0.2, 0.25) is 5.95 Å². The highest BCUT2D eigenvalue weighted by Crippen LogP contribution is 2.19. The third kappa shape index (κ3) is 3.85. The van der Waals surface area contributed by atoms with Crippen LogP contribution < -0.4 is 11.0 Å². The van der Waals surface area contributed by atoms with E-state index in [9.17, 15) is 23.2 Å². The Labute approximate surface area is 150 Å². The second kappa shape index (κ2) is 7.53. The first-order chi connectivity index (χ1) is 13.0. The molecule has 2 N–H and O–H groups in total. The first-order valence-electron chi connectivity index (χ1n) is 7.53. The number of aromatic nitrogens is 2. The van der Waals surface area contributed by atoms with Crippen LogP contribution in [-0.4, -0.2) is 16.2 Å². The van der Waals surface area contributed by atoms with Crippen LogP contribution in [0.4, 0.5) is 19.1 Å². The molecular weight excluding hydrogens is 359 g/mol. The largest absolute Gasteiger partial charge is 0.290 e. The van der Waals surface area contributed by atoms with Gasteiger partial charge in [-0.25, -0.2) is 23.6 Å². The molecule has 27 heavy (non-hydrogen) atoms. The number of nitrogens with one attached hydrogen (secondary N) is 2. The van der Waals surface area contributed by atoms with Crippen molar-refractivity contribution in [1.82, 2.24) is 9.97 Å². The average Bonchev–Trinajstić information content (AvgIpc) is 2.66. The Morgan fingerprint density at radius 1 is 1.15 bits per heavy atom. The zero-order valence-electron chi connectivity index (χ0n) is 13.5. The van der Waals surface area contributed by atoms with Crippen molar-refractivity contribution in [3.63, 3.8) is 0 Å². The fourth-order valence-electron chi connectivity index (χ4n) is 2.25. The first-order valence-corrected chi connectivity index (χ1v) is 7.53. The predicted octanol–water partition coefficient (Wildman–Crippen LogP) is 3.17. The average molecular weight is 369 g/mol. The van der Waals surface area contributed by atoms with Crippen LogP contribution in [0.3, 0.4) is 0 Å². The van der Waals surface area contributed by atoms with Crippen LogP contribution in [0.1, 0.15) is 11.1 Å². The Kier molecular flexibility index (Phi) is 4.99. The highest BCUT2D eigenvalue weighted by molar-refractivity contribution is 5.80. The summed E-state index contributed by atoms with van der Waals surface area (Å²) in [5, 5.41) is 12.9. The van der Waals surface area contributed by atoms with Gasteiger partial charge in [0.1, 0.15) is 11.6 Å². The predicted molar refractivity (Wildman–Crippen MR) is 92.5 cm³/mol. The first kappa shape index (κ1) is 17.9. The van der Waals surface area contributed by atoms with Crippen molar-refractivity contribution in [3.05, 3.63) is 81.4 Å². The molecule has 3 aromatic rings. The summed E-state index contributed by atoms with van der Waals surface area (Å²) in [6.07, 6.45) is 1.02. The summed E-state index contributed by atoms with van der Waals surface area (Å²) >= 11 is 0. The molecule has 0 saturated carbocycles. The van der Waals surface area contributed by atoms with Gasteiger partial charge >= 0.3 is 0 Å². The molecule has 1 heterocycles. The lowest BCUT2D eigenvalue weighted by atomic mass is 10.1. The standard InChI is InChI=1S/C18H10F3N5O/c19-13-6-10(7-14(20)15(13)21)9-23-26-18-24-16(11-4-2-1-3-5-11)12(8-22)17(27)25-18/h1-7,9H,(H2,24,25,26,27). The van der Waals surface area contributed by atoms with Crippen molar-refractivity contribution in [3.8, 4) is 17.3 Å². The zero-order valence-corrected chi connectivity index (χ0v) is 13.5. The quantitative estimate of drug-likeness (QED) is 0.420. The molecule has 0 bridgehead atoms. The van der Waals surface area contributed by atoms with Gasteiger partial charge in [0.15, 0.2) is 17.5 Å². The second-order valence-electron chi connectivity index (χ2n) is 5.28. The van der Waals surface area contributed by atoms with Gasteiger partial charge in [-0.05, 0) is 12.1 Å². The molecule has 0 aliphatic carbocycles. The smallest absolute Gasteiger partial charge is 0.270 e. The summed E-state index contributed by atoms with van der Waals surface area (Å²) in [5.41, 5.74) is 2.22. The van der Waals surface area contributed by atoms with Crippen LogP contribution in [0, 0.1) is 28.8 Å². The molecule has 134 valence electrons. The summed E-state index contributed by atoms with van der Waals surface area (Å²) in [6, 6.07) is 11.9. The van der Waals surface area contributed by atoms with Crippen molar-refractivity contribution in [1.29, 1.82) is 5.26 Å². The molecule has 0 radical (unpaired) electrons. The molecule has 0 aliphatic rings. The van der Waals surface area contributed by atoms with Gasteiger partial charge < -0.3 is 0 Å². The molecule has 2 aromatic carbocycles. The van der Waals surface area contributed by atoms with Gasteiger partial charge in [0.05, 0.1) is 11.9 Å². The lowest BCUT2D eigenvalue weighted by Crippen LogP contribution is -2.16. The van der Waals surface area contributed by atoms with E-state index in [1.807, 2.05) is 0 Å². The van der Waals surface area contributed by atoms with E-state index >= 15 is 0 Å². The van der Waals surface area contributed by atoms with Gasteiger partial charge in [-0.1, -0.05) is 30.3 Å². The van der Waals surface area contributed by atoms with E-state index in [4.69, 9.17) is 0 Å². The fraction of sp³-hybridized carbons (Fsp3) is 0. The third-order valence-electron chi connectivity index (χ3n) is 3.47. The summed E-state index contributed by atoms with van der Waals surface area (Å²) in [6.45, 7) is 0. The third-order valence-corrected chi connectivity index (χ3v) is 3.47. The van der Waals surface area contributed by atoms with Crippen LogP contribution >= 0.6 is 0 Å². The van der Waals surface area contributed by atoms with E-state index < -0.39 is 23.0 Å². The number of nitriles is 1. The van der Waals surface area contributed by atoms with E-state index in [1.54, 1.807) is 36.4 Å². The normalized spacial score (nSPS) is 10.7. The van der Waals surface area contributed by atoms with E-state index in [1.165, 1.54) is 0 Å². The van der Waals surface area contributed by atoms with Gasteiger partial charge in [-0.3, -0.25) is 9.78 Å². The fourth-order valence-corrected chi connectivity index (χ4v) is 2.25. The minimum Gasteiger partial charge on any atom is -0.290 e. The van der Waals surface area contributed by atoms with E-state index in [0.29, 0.717) is 5.56 Å². The molecule has 0 atom stereocenters. The van der Waals surface area contributed by atoms with E-state index in [2.05, 4.69) is 20.5 Å². The number of hydrogen-bond acceptors (Lipinski definition) is 5. The van der Waals surface area contributed by atoms with Gasteiger partial charge in [-0.2, -0.15) is 10.4 Å². The number of anilines is 1. The zero-order chi connectivity index (χ0) is 19.4. The van der Waals surface area contributed by atoms with Crippen LogP contribution in [0.15, 0.2) is 52.4 Å². The van der Waals surface area contributed by atoms with Crippen molar-refractivity contribution in [2.75, 3.05) is 5.43 Å². The van der Waals surface area contributed by atoms with Crippen molar-refractivity contribution < 1.29 is 13.2 Å². The SMILES string of the molecule is N#Cc1c(-c2ccccc2)nc(NN=Cc2cc(F)c(F)c(F)c2)[nH]c1=O. The summed E-state index contributed by atoms with van der Waals surface area (Å²) < 4.78 is 39.3. The highest BCUT2D eigenvalue weighted by Gasteiger charge is 2.13. The Balaban J connectivity index is 1.91. The van der Waals surface area contributed by atoms with Crippen LogP contribution in [0.5, 0.6) is 0 Å². The molecule has 0 saturated heterocycles. The molecule has 9 heteroatoms. The topological polar surface area (TPSA) is 93.9 Å². The minimum atomic E-state index is -1.58. The lowest BCUT2D eigenvalue weighted by molar-refractivity contribution is 0.447. The van der Waals surface area contributed by atoms with Crippen LogP contribution in [-0.2, 0) is 0 Å². The molecule has 0 amide bonds. The van der Waals surface area contributed by atoms with Crippen LogP contribution in [0.2, 0.25) is 0 Å². The Morgan fingerprint density at radius 2 is 1.81 bits per heavy atom. The maximum atomic E-state index is 13.2. The Morgan fingerprint density at radius 3 is 2.44 bits per heavy atom. The minimum absolute atomic E-state index is 0.0434. The second-order valence-corrected chi connectivity index (χ2v) is 5.28. The molecule has 3 rings (SSSR count). The van der Waals surface area contributed by atoms with E-state index in [0.717, 1.165) is 18.3 Å². The number of hydrazone groups is 1. The number of H-pyrrole nitrogens is 1. The number of halogens is 3. The summed E-state index contributed by atoms with van der Waals surface area (Å²) in [5.74, 6) is -4.37. The molecule has 1 aromatic heterocycles. The Hall–Kier alpha value is -3.93. The highest BCUT2D eigenvalue weighted by atomic mass is 19.2. The van der Waals surface area contributed by atoms with Crippen molar-refractivity contribution >= 4 is 12.2 Å². The number of aromatic amines is 1. The molecular formula is C18H10F3N5O. The number of benzene rings is 2. The van der Waals surface area contributed by atoms with Crippen molar-refractivity contribution in [2.24, 2.45) is 5.10 Å². The van der Waals surface area contributed by atoms with Crippen molar-refractivity contribution in [2.45, 2.75) is 0 Å². The van der Waals surface area contributed by atoms with E-state index in [-0.39, 0.29) is 22.8 Å². The van der Waals surface area contributed by atoms with Gasteiger partial charge in [0.25, 0.3) is 5.56 Å². The van der Waals surface area contributed by atoms with Crippen LogP contribution in [0.25, 0.3) is 11.3 Å². The number of hydrogen-bond donors (Lipinski definition) is 2. The van der Waals surface area contributed by atoms with Gasteiger partial charge in [-0.15, -0.1) is 0 Å². The molecule has 6 nitrogen and oxygen atoms in total. The summed E-state index contributed by atoms with van der Waals surface area (Å²) in [7, 11) is 0. The molecule has 0 spiro atoms.